The fourth-order valence-electron chi connectivity index (χ4n) is 4.76. The molecule has 5 rings (SSSR count). The third-order valence-electron chi connectivity index (χ3n) is 6.75. The van der Waals surface area contributed by atoms with Gasteiger partial charge in [0.1, 0.15) is 11.4 Å². The molecule has 5 heteroatoms. The molecule has 0 radical (unpaired) electrons. The lowest BCUT2D eigenvalue weighted by molar-refractivity contribution is 0.177. The zero-order valence-corrected chi connectivity index (χ0v) is 17.5. The first-order valence-electron chi connectivity index (χ1n) is 10.9. The van der Waals surface area contributed by atoms with Crippen molar-refractivity contribution in [3.63, 3.8) is 0 Å². The highest BCUT2D eigenvalue weighted by Gasteiger charge is 2.51. The molecule has 0 bridgehead atoms. The average Bonchev–Trinajstić information content (AvgIpc) is 3.42. The number of aromatic nitrogens is 1. The first kappa shape index (κ1) is 19.3. The molecule has 1 aromatic heterocycles. The predicted octanol–water partition coefficient (Wildman–Crippen LogP) is 4.43. The second kappa shape index (κ2) is 7.89. The van der Waals surface area contributed by atoms with Gasteiger partial charge in [0.15, 0.2) is 5.76 Å². The Kier molecular flexibility index (Phi) is 5.09. The standard InChI is InChI=1S/C25H29N3O2/c1-26-20-11-15-28(16-12-20)17-25(13-14-25)24-22(18-5-3-2-4-6-18)23(27-30-24)19-7-9-21(29)10-8-19/h2-10,20,26,29H,11-17H2,1H3. The second-order valence-electron chi connectivity index (χ2n) is 8.77. The summed E-state index contributed by atoms with van der Waals surface area (Å²) in [4.78, 5) is 2.60. The van der Waals surface area contributed by atoms with E-state index in [1.54, 1.807) is 12.1 Å². The zero-order chi connectivity index (χ0) is 20.6. The highest BCUT2D eigenvalue weighted by Crippen LogP contribution is 2.53. The molecule has 1 aliphatic heterocycles. The van der Waals surface area contributed by atoms with E-state index in [1.807, 2.05) is 18.2 Å². The number of aromatic hydroxyl groups is 1. The van der Waals surface area contributed by atoms with Gasteiger partial charge < -0.3 is 19.8 Å². The van der Waals surface area contributed by atoms with Crippen LogP contribution in [0.4, 0.5) is 0 Å². The van der Waals surface area contributed by atoms with Crippen LogP contribution in [-0.4, -0.2) is 47.9 Å². The van der Waals surface area contributed by atoms with Crippen molar-refractivity contribution in [2.75, 3.05) is 26.7 Å². The van der Waals surface area contributed by atoms with E-state index in [0.717, 1.165) is 60.6 Å². The van der Waals surface area contributed by atoms with Crippen LogP contribution in [0.1, 0.15) is 31.4 Å². The minimum Gasteiger partial charge on any atom is -0.508 e. The number of phenols is 1. The minimum atomic E-state index is 0.0554. The van der Waals surface area contributed by atoms with E-state index in [1.165, 1.54) is 12.8 Å². The van der Waals surface area contributed by atoms with E-state index < -0.39 is 0 Å². The fraction of sp³-hybridized carbons (Fsp3) is 0.400. The van der Waals surface area contributed by atoms with Crippen LogP contribution in [0.3, 0.4) is 0 Å². The van der Waals surface area contributed by atoms with Crippen molar-refractivity contribution in [1.29, 1.82) is 0 Å². The number of nitrogens with zero attached hydrogens (tertiary/aromatic N) is 2. The third kappa shape index (κ3) is 3.64. The maximum absolute atomic E-state index is 9.70. The molecule has 0 amide bonds. The van der Waals surface area contributed by atoms with Crippen LogP contribution in [0, 0.1) is 0 Å². The lowest BCUT2D eigenvalue weighted by atomic mass is 9.91. The molecule has 1 saturated carbocycles. The molecule has 1 aliphatic carbocycles. The van der Waals surface area contributed by atoms with E-state index in [4.69, 9.17) is 4.52 Å². The van der Waals surface area contributed by atoms with Crippen molar-refractivity contribution in [2.45, 2.75) is 37.1 Å². The highest BCUT2D eigenvalue weighted by molar-refractivity contribution is 5.83. The molecule has 2 aliphatic rings. The number of hydrogen-bond acceptors (Lipinski definition) is 5. The first-order valence-corrected chi connectivity index (χ1v) is 10.9. The molecule has 156 valence electrons. The summed E-state index contributed by atoms with van der Waals surface area (Å²) >= 11 is 0. The third-order valence-corrected chi connectivity index (χ3v) is 6.75. The Morgan fingerprint density at radius 3 is 2.37 bits per heavy atom. The van der Waals surface area contributed by atoms with Crippen molar-refractivity contribution in [2.24, 2.45) is 0 Å². The summed E-state index contributed by atoms with van der Waals surface area (Å²) < 4.78 is 6.09. The van der Waals surface area contributed by atoms with E-state index in [9.17, 15) is 5.11 Å². The summed E-state index contributed by atoms with van der Waals surface area (Å²) in [6, 6.07) is 18.3. The molecule has 1 saturated heterocycles. The molecule has 2 aromatic carbocycles. The van der Waals surface area contributed by atoms with Crippen LogP contribution in [-0.2, 0) is 5.41 Å². The second-order valence-corrected chi connectivity index (χ2v) is 8.77. The number of phenolic OH excluding ortho intramolecular Hbond substituents is 1. The lowest BCUT2D eigenvalue weighted by Crippen LogP contribution is -2.44. The predicted molar refractivity (Wildman–Crippen MR) is 118 cm³/mol. The number of benzene rings is 2. The summed E-state index contributed by atoms with van der Waals surface area (Å²) in [5.41, 5.74) is 4.12. The fourth-order valence-corrected chi connectivity index (χ4v) is 4.76. The molecule has 0 spiro atoms. The summed E-state index contributed by atoms with van der Waals surface area (Å²) in [7, 11) is 2.06. The number of nitrogens with one attached hydrogen (secondary N) is 1. The summed E-state index contributed by atoms with van der Waals surface area (Å²) in [5.74, 6) is 1.28. The Balaban J connectivity index is 1.50. The summed E-state index contributed by atoms with van der Waals surface area (Å²) in [6.07, 6.45) is 4.69. The van der Waals surface area contributed by atoms with Crippen molar-refractivity contribution in [3.05, 3.63) is 60.4 Å². The molecule has 5 nitrogen and oxygen atoms in total. The molecule has 0 atom stereocenters. The largest absolute Gasteiger partial charge is 0.508 e. The number of likely N-dealkylation sites (tertiary alicyclic amines) is 1. The van der Waals surface area contributed by atoms with Crippen molar-refractivity contribution in [1.82, 2.24) is 15.4 Å². The van der Waals surface area contributed by atoms with Crippen LogP contribution in [0.2, 0.25) is 0 Å². The molecule has 2 N–H and O–H groups in total. The molecular formula is C25H29N3O2. The smallest absolute Gasteiger partial charge is 0.152 e. The van der Waals surface area contributed by atoms with Crippen molar-refractivity contribution < 1.29 is 9.63 Å². The van der Waals surface area contributed by atoms with Gasteiger partial charge in [-0.1, -0.05) is 35.5 Å². The number of hydrogen-bond donors (Lipinski definition) is 2. The normalized spacial score (nSPS) is 19.1. The monoisotopic (exact) mass is 403 g/mol. The van der Waals surface area contributed by atoms with E-state index in [0.29, 0.717) is 6.04 Å². The SMILES string of the molecule is CNC1CCN(CC2(c3onc(-c4ccc(O)cc4)c3-c3ccccc3)CC2)CC1. The Morgan fingerprint density at radius 2 is 1.73 bits per heavy atom. The maximum atomic E-state index is 9.70. The van der Waals surface area contributed by atoms with Gasteiger partial charge in [0.2, 0.25) is 0 Å². The maximum Gasteiger partial charge on any atom is 0.152 e. The van der Waals surface area contributed by atoms with Gasteiger partial charge in [0.25, 0.3) is 0 Å². The van der Waals surface area contributed by atoms with Gasteiger partial charge in [0, 0.05) is 23.6 Å². The molecule has 3 aromatic rings. The lowest BCUT2D eigenvalue weighted by Gasteiger charge is -2.34. The minimum absolute atomic E-state index is 0.0554. The van der Waals surface area contributed by atoms with E-state index in [2.05, 4.69) is 46.7 Å². The Morgan fingerprint density at radius 1 is 1.03 bits per heavy atom. The van der Waals surface area contributed by atoms with Gasteiger partial charge in [-0.2, -0.15) is 0 Å². The van der Waals surface area contributed by atoms with E-state index in [-0.39, 0.29) is 11.2 Å². The topological polar surface area (TPSA) is 61.5 Å². The van der Waals surface area contributed by atoms with Gasteiger partial charge in [-0.3, -0.25) is 0 Å². The van der Waals surface area contributed by atoms with Gasteiger partial charge in [-0.25, -0.2) is 0 Å². The van der Waals surface area contributed by atoms with Crippen molar-refractivity contribution in [3.8, 4) is 28.1 Å². The van der Waals surface area contributed by atoms with Crippen LogP contribution in [0.15, 0.2) is 59.1 Å². The Labute approximate surface area is 177 Å². The number of piperidine rings is 1. The molecule has 30 heavy (non-hydrogen) atoms. The van der Waals surface area contributed by atoms with Gasteiger partial charge in [-0.05, 0) is 75.6 Å². The quantitative estimate of drug-likeness (QED) is 0.638. The van der Waals surface area contributed by atoms with Crippen LogP contribution in [0.25, 0.3) is 22.4 Å². The van der Waals surface area contributed by atoms with Crippen LogP contribution in [0.5, 0.6) is 5.75 Å². The first-order chi connectivity index (χ1) is 14.7. The van der Waals surface area contributed by atoms with Gasteiger partial charge in [0.05, 0.1) is 5.56 Å². The number of rotatable bonds is 6. The molecule has 2 fully saturated rings. The van der Waals surface area contributed by atoms with Crippen LogP contribution < -0.4 is 5.32 Å². The molecular weight excluding hydrogens is 374 g/mol. The average molecular weight is 404 g/mol. The molecule has 2 heterocycles. The van der Waals surface area contributed by atoms with Gasteiger partial charge >= 0.3 is 0 Å². The zero-order valence-electron chi connectivity index (χ0n) is 17.5. The Hall–Kier alpha value is -2.63. The van der Waals surface area contributed by atoms with E-state index >= 15 is 0 Å². The van der Waals surface area contributed by atoms with Crippen molar-refractivity contribution >= 4 is 0 Å². The van der Waals surface area contributed by atoms with Crippen LogP contribution >= 0.6 is 0 Å². The Bertz CT molecular complexity index is 985. The summed E-state index contributed by atoms with van der Waals surface area (Å²) in [5, 5.41) is 17.6. The highest BCUT2D eigenvalue weighted by atomic mass is 16.5. The summed E-state index contributed by atoms with van der Waals surface area (Å²) in [6.45, 7) is 3.30. The van der Waals surface area contributed by atoms with Gasteiger partial charge in [-0.15, -0.1) is 0 Å². The molecule has 0 unspecified atom stereocenters.